The van der Waals surface area contributed by atoms with Crippen molar-refractivity contribution in [1.29, 1.82) is 0 Å². The molecule has 1 aliphatic rings. The third-order valence-corrected chi connectivity index (χ3v) is 5.72. The van der Waals surface area contributed by atoms with E-state index in [9.17, 15) is 8.78 Å². The summed E-state index contributed by atoms with van der Waals surface area (Å²) in [5, 5.41) is 4.55. The number of hydrogen-bond acceptors (Lipinski definition) is 4. The fourth-order valence-corrected chi connectivity index (χ4v) is 4.18. The summed E-state index contributed by atoms with van der Waals surface area (Å²) < 4.78 is 31.9. The molecule has 1 atom stereocenters. The lowest BCUT2D eigenvalue weighted by atomic mass is 9.91. The fourth-order valence-electron chi connectivity index (χ4n) is 4.18. The van der Waals surface area contributed by atoms with Gasteiger partial charge in [0, 0.05) is 24.2 Å². The molecule has 8 heteroatoms. The van der Waals surface area contributed by atoms with Crippen LogP contribution in [0, 0.1) is 25.5 Å². The largest absolute Gasteiger partial charge is 0.304 e. The first-order valence-electron chi connectivity index (χ1n) is 10.5. The van der Waals surface area contributed by atoms with Crippen LogP contribution in [0.2, 0.25) is 0 Å². The lowest BCUT2D eigenvalue weighted by Crippen LogP contribution is -2.19. The van der Waals surface area contributed by atoms with Crippen LogP contribution in [0.4, 0.5) is 8.78 Å². The minimum atomic E-state index is -0.838. The van der Waals surface area contributed by atoms with Gasteiger partial charge in [0.05, 0.1) is 29.1 Å². The number of pyridine rings is 1. The summed E-state index contributed by atoms with van der Waals surface area (Å²) >= 11 is 0. The summed E-state index contributed by atoms with van der Waals surface area (Å²) in [6.07, 6.45) is 8.92. The molecule has 1 aromatic carbocycles. The van der Waals surface area contributed by atoms with Crippen LogP contribution in [-0.2, 0) is 6.54 Å². The van der Waals surface area contributed by atoms with Crippen LogP contribution in [0.15, 0.2) is 42.9 Å². The van der Waals surface area contributed by atoms with Crippen molar-refractivity contribution in [3.05, 3.63) is 88.8 Å². The van der Waals surface area contributed by atoms with Crippen LogP contribution >= 0.6 is 0 Å². The second-order valence-corrected chi connectivity index (χ2v) is 7.99. The van der Waals surface area contributed by atoms with E-state index in [1.807, 2.05) is 42.8 Å². The molecule has 0 saturated carbocycles. The van der Waals surface area contributed by atoms with Crippen molar-refractivity contribution in [1.82, 2.24) is 29.3 Å². The first-order valence-corrected chi connectivity index (χ1v) is 10.5. The predicted molar refractivity (Wildman–Crippen MR) is 117 cm³/mol. The molecular formula is C24H22F2N6. The monoisotopic (exact) mass is 432 g/mol. The average molecular weight is 432 g/mol. The highest BCUT2D eigenvalue weighted by Crippen LogP contribution is 2.34. The maximum absolute atomic E-state index is 14.4. The number of halogens is 2. The van der Waals surface area contributed by atoms with Crippen LogP contribution in [0.5, 0.6) is 0 Å². The van der Waals surface area contributed by atoms with Gasteiger partial charge < -0.3 is 4.57 Å². The van der Waals surface area contributed by atoms with E-state index in [1.54, 1.807) is 23.2 Å². The third-order valence-electron chi connectivity index (χ3n) is 5.72. The van der Waals surface area contributed by atoms with Gasteiger partial charge in [0.1, 0.15) is 5.82 Å². The second kappa shape index (κ2) is 8.11. The molecule has 3 aromatic heterocycles. The molecule has 4 heterocycles. The number of aromatic nitrogens is 6. The Morgan fingerprint density at radius 1 is 1.06 bits per heavy atom. The van der Waals surface area contributed by atoms with Crippen molar-refractivity contribution < 1.29 is 8.78 Å². The first kappa shape index (κ1) is 20.2. The summed E-state index contributed by atoms with van der Waals surface area (Å²) in [5.41, 5.74) is 3.90. The predicted octanol–water partition coefficient (Wildman–Crippen LogP) is 4.85. The van der Waals surface area contributed by atoms with E-state index in [1.165, 1.54) is 6.07 Å². The molecule has 32 heavy (non-hydrogen) atoms. The molecule has 0 saturated heterocycles. The number of benzene rings is 1. The van der Waals surface area contributed by atoms with Crippen molar-refractivity contribution in [2.24, 2.45) is 0 Å². The summed E-state index contributed by atoms with van der Waals surface area (Å²) in [6.45, 7) is 4.61. The highest BCUT2D eigenvalue weighted by molar-refractivity contribution is 5.65. The molecule has 0 radical (unpaired) electrons. The van der Waals surface area contributed by atoms with Gasteiger partial charge in [-0.25, -0.2) is 23.4 Å². The van der Waals surface area contributed by atoms with Crippen LogP contribution in [0.1, 0.15) is 53.1 Å². The Balaban J connectivity index is 1.41. The van der Waals surface area contributed by atoms with Gasteiger partial charge in [-0.3, -0.25) is 4.98 Å². The molecule has 0 unspecified atom stereocenters. The molecule has 0 amide bonds. The van der Waals surface area contributed by atoms with Gasteiger partial charge in [-0.2, -0.15) is 5.10 Å². The Labute approximate surface area is 184 Å². The van der Waals surface area contributed by atoms with Crippen LogP contribution in [0.3, 0.4) is 0 Å². The van der Waals surface area contributed by atoms with Crippen molar-refractivity contribution >= 4 is 12.2 Å². The number of aryl methyl sites for hydroxylation is 3. The van der Waals surface area contributed by atoms with E-state index in [-0.39, 0.29) is 5.92 Å². The van der Waals surface area contributed by atoms with E-state index in [0.717, 1.165) is 35.3 Å². The molecule has 6 nitrogen and oxygen atoms in total. The van der Waals surface area contributed by atoms with E-state index in [2.05, 4.69) is 20.1 Å². The van der Waals surface area contributed by atoms with Gasteiger partial charge >= 0.3 is 0 Å². The number of nitrogens with zero attached hydrogens (tertiary/aromatic N) is 6. The number of fused-ring (bicyclic) bond motifs is 1. The normalized spacial score (nSPS) is 15.9. The van der Waals surface area contributed by atoms with Crippen molar-refractivity contribution in [2.45, 2.75) is 39.2 Å². The molecule has 0 fully saturated rings. The number of hydrogen-bond donors (Lipinski definition) is 0. The Kier molecular flexibility index (Phi) is 5.13. The van der Waals surface area contributed by atoms with Gasteiger partial charge in [0.2, 0.25) is 0 Å². The van der Waals surface area contributed by atoms with Gasteiger partial charge in [-0.1, -0.05) is 12.1 Å². The third kappa shape index (κ3) is 3.72. The highest BCUT2D eigenvalue weighted by atomic mass is 19.2. The topological polar surface area (TPSA) is 61.4 Å². The molecule has 4 aromatic rings. The van der Waals surface area contributed by atoms with Gasteiger partial charge in [-0.05, 0) is 57.0 Å². The van der Waals surface area contributed by atoms with Gasteiger partial charge in [0.15, 0.2) is 17.5 Å². The van der Waals surface area contributed by atoms with E-state index in [4.69, 9.17) is 0 Å². The molecular weight excluding hydrogens is 410 g/mol. The smallest absolute Gasteiger partial charge is 0.174 e. The Hall–Kier alpha value is -3.68. The lowest BCUT2D eigenvalue weighted by molar-refractivity contribution is 0.426. The standard InChI is InChI=1S/C24H22F2N6/c1-15-13-31(14-27-15)21-10-8-17(28-16(21)2)9-11-22-29-24-19(6-4-12-32(24)30-22)18-5-3-7-20(25)23(18)26/h3,5,7-11,13-14,19H,4,6,12H2,1-2H3/b11-9+/t19-/m1/s1. The average Bonchev–Trinajstić information content (AvgIpc) is 3.40. The van der Waals surface area contributed by atoms with Crippen molar-refractivity contribution in [2.75, 3.05) is 0 Å². The molecule has 0 bridgehead atoms. The molecule has 162 valence electrons. The summed E-state index contributed by atoms with van der Waals surface area (Å²) in [6, 6.07) is 8.22. The lowest BCUT2D eigenvalue weighted by Gasteiger charge is -2.22. The number of rotatable bonds is 4. The second-order valence-electron chi connectivity index (χ2n) is 7.99. The maximum atomic E-state index is 14.4. The number of imidazole rings is 1. The Morgan fingerprint density at radius 2 is 1.94 bits per heavy atom. The summed E-state index contributed by atoms with van der Waals surface area (Å²) in [4.78, 5) is 13.5. The Morgan fingerprint density at radius 3 is 2.72 bits per heavy atom. The molecule has 5 rings (SSSR count). The molecule has 0 aliphatic carbocycles. The summed E-state index contributed by atoms with van der Waals surface area (Å²) in [7, 11) is 0. The van der Waals surface area contributed by atoms with Crippen LogP contribution in [0.25, 0.3) is 17.8 Å². The molecule has 1 aliphatic heterocycles. The zero-order valence-electron chi connectivity index (χ0n) is 17.8. The SMILES string of the molecule is Cc1cn(-c2ccc(/C=C/c3nc4n(n3)CCC[C@@H]4c3cccc(F)c3F)nc2C)cn1. The first-order chi connectivity index (χ1) is 15.5. The maximum Gasteiger partial charge on any atom is 0.174 e. The zero-order chi connectivity index (χ0) is 22.2. The van der Waals surface area contributed by atoms with Crippen molar-refractivity contribution in [3.8, 4) is 5.69 Å². The zero-order valence-corrected chi connectivity index (χ0v) is 17.8. The van der Waals surface area contributed by atoms with E-state index in [0.29, 0.717) is 30.2 Å². The van der Waals surface area contributed by atoms with Crippen LogP contribution in [-0.4, -0.2) is 29.3 Å². The van der Waals surface area contributed by atoms with Crippen LogP contribution < -0.4 is 0 Å². The fraction of sp³-hybridized carbons (Fsp3) is 0.250. The quantitative estimate of drug-likeness (QED) is 0.463. The van der Waals surface area contributed by atoms with E-state index < -0.39 is 11.6 Å². The molecule has 0 spiro atoms. The minimum Gasteiger partial charge on any atom is -0.304 e. The minimum absolute atomic E-state index is 0.313. The summed E-state index contributed by atoms with van der Waals surface area (Å²) in [5.74, 6) is -0.769. The molecule has 0 N–H and O–H groups in total. The van der Waals surface area contributed by atoms with Gasteiger partial charge in [-0.15, -0.1) is 0 Å². The highest BCUT2D eigenvalue weighted by Gasteiger charge is 2.28. The van der Waals surface area contributed by atoms with Gasteiger partial charge in [0.25, 0.3) is 0 Å². The van der Waals surface area contributed by atoms with Crippen molar-refractivity contribution in [3.63, 3.8) is 0 Å². The van der Waals surface area contributed by atoms with E-state index >= 15 is 0 Å². The Bertz CT molecular complexity index is 1320.